The van der Waals surface area contributed by atoms with E-state index in [-0.39, 0.29) is 10.7 Å². The second kappa shape index (κ2) is 5.73. The predicted molar refractivity (Wildman–Crippen MR) is 81.8 cm³/mol. The van der Waals surface area contributed by atoms with Crippen molar-refractivity contribution in [3.63, 3.8) is 0 Å². The van der Waals surface area contributed by atoms with E-state index in [4.69, 9.17) is 10.2 Å². The van der Waals surface area contributed by atoms with E-state index in [1.54, 1.807) is 0 Å². The molecule has 0 saturated heterocycles. The minimum atomic E-state index is -1.70. The van der Waals surface area contributed by atoms with Crippen molar-refractivity contribution in [2.24, 2.45) is 0 Å². The predicted octanol–water partition coefficient (Wildman–Crippen LogP) is 1.49. The van der Waals surface area contributed by atoms with Crippen molar-refractivity contribution in [1.29, 1.82) is 0 Å². The van der Waals surface area contributed by atoms with Crippen LogP contribution in [0.5, 0.6) is 0 Å². The Hall–Kier alpha value is -1.87. The Morgan fingerprint density at radius 3 is 2.59 bits per heavy atom. The molecule has 116 valence electrons. The number of nitrogens with one attached hydrogen (secondary N) is 1. The molecule has 0 saturated carbocycles. The first kappa shape index (κ1) is 15.0. The van der Waals surface area contributed by atoms with Crippen LogP contribution >= 0.6 is 23.1 Å². The zero-order chi connectivity index (χ0) is 15.9. The number of aromatic nitrogens is 2. The molecule has 0 amide bonds. The molecule has 0 atom stereocenters. The highest BCUT2D eigenvalue weighted by atomic mass is 32.2. The van der Waals surface area contributed by atoms with E-state index in [2.05, 4.69) is 9.97 Å². The van der Waals surface area contributed by atoms with Crippen LogP contribution < -0.4 is 5.56 Å². The molecule has 0 aliphatic heterocycles. The molecule has 1 aliphatic carbocycles. The maximum Gasteiger partial charge on any atom is 0.328 e. The van der Waals surface area contributed by atoms with E-state index in [9.17, 15) is 14.4 Å². The fraction of sp³-hybridized carbons (Fsp3) is 0.385. The summed E-state index contributed by atoms with van der Waals surface area (Å²) in [6.45, 7) is 0. The van der Waals surface area contributed by atoms with Crippen molar-refractivity contribution < 1.29 is 19.8 Å². The first-order valence-electron chi connectivity index (χ1n) is 6.64. The van der Waals surface area contributed by atoms with Crippen molar-refractivity contribution in [3.8, 4) is 0 Å². The average Bonchev–Trinajstić information content (AvgIpc) is 2.82. The number of rotatable bonds is 4. The van der Waals surface area contributed by atoms with Gasteiger partial charge in [0.2, 0.25) is 5.25 Å². The highest BCUT2D eigenvalue weighted by Crippen LogP contribution is 2.34. The molecule has 1 aliphatic rings. The highest BCUT2D eigenvalue weighted by molar-refractivity contribution is 8.01. The van der Waals surface area contributed by atoms with Gasteiger partial charge in [0, 0.05) is 4.88 Å². The van der Waals surface area contributed by atoms with Gasteiger partial charge in [0.05, 0.1) is 5.39 Å². The van der Waals surface area contributed by atoms with Crippen LogP contribution in [0.25, 0.3) is 10.2 Å². The van der Waals surface area contributed by atoms with Gasteiger partial charge in [-0.3, -0.25) is 14.4 Å². The molecule has 7 nitrogen and oxygen atoms in total. The number of carboxylic acid groups (broad SMARTS) is 2. The number of thiophene rings is 1. The third kappa shape index (κ3) is 2.61. The van der Waals surface area contributed by atoms with Crippen LogP contribution in [0.15, 0.2) is 9.95 Å². The van der Waals surface area contributed by atoms with E-state index < -0.39 is 17.2 Å². The molecule has 2 aromatic rings. The zero-order valence-electron chi connectivity index (χ0n) is 11.3. The van der Waals surface area contributed by atoms with E-state index in [0.717, 1.165) is 36.1 Å². The summed E-state index contributed by atoms with van der Waals surface area (Å²) in [5, 5.41) is 16.7. The fourth-order valence-corrected chi connectivity index (χ4v) is 4.56. The van der Waals surface area contributed by atoms with Gasteiger partial charge in [-0.2, -0.15) is 0 Å². The van der Waals surface area contributed by atoms with Gasteiger partial charge in [-0.1, -0.05) is 11.8 Å². The molecule has 22 heavy (non-hydrogen) atoms. The number of aromatic amines is 1. The normalized spacial score (nSPS) is 14.2. The SMILES string of the molecule is O=C(O)C(Sc1nc2sc3c(c2c(=O)[nH]1)CCCC3)C(=O)O. The molecule has 0 aromatic carbocycles. The monoisotopic (exact) mass is 340 g/mol. The van der Waals surface area contributed by atoms with Gasteiger partial charge in [0.1, 0.15) is 4.83 Å². The maximum atomic E-state index is 12.3. The van der Waals surface area contributed by atoms with E-state index in [1.807, 2.05) is 0 Å². The van der Waals surface area contributed by atoms with Gasteiger partial charge in [0.25, 0.3) is 5.56 Å². The standard InChI is InChI=1S/C13H12N2O5S2/c16-9-7-5-3-1-2-4-6(5)21-10(7)15-13(14-9)22-8(11(17)18)12(19)20/h8H,1-4H2,(H,17,18)(H,19,20)(H,14,15,16). The van der Waals surface area contributed by atoms with Crippen LogP contribution in [0.3, 0.4) is 0 Å². The summed E-state index contributed by atoms with van der Waals surface area (Å²) in [6, 6.07) is 0. The maximum absolute atomic E-state index is 12.3. The lowest BCUT2D eigenvalue weighted by Gasteiger charge is -2.09. The molecular formula is C13H12N2O5S2. The van der Waals surface area contributed by atoms with E-state index >= 15 is 0 Å². The lowest BCUT2D eigenvalue weighted by molar-refractivity contribution is -0.146. The lowest BCUT2D eigenvalue weighted by atomic mass is 9.97. The van der Waals surface area contributed by atoms with Crippen LogP contribution in [0.4, 0.5) is 0 Å². The molecule has 3 rings (SSSR count). The van der Waals surface area contributed by atoms with Crippen molar-refractivity contribution >= 4 is 45.3 Å². The summed E-state index contributed by atoms with van der Waals surface area (Å²) in [5.41, 5.74) is 0.700. The van der Waals surface area contributed by atoms with Gasteiger partial charge in [-0.25, -0.2) is 4.98 Å². The summed E-state index contributed by atoms with van der Waals surface area (Å²) < 4.78 is 0. The number of aryl methyl sites for hydroxylation is 2. The first-order chi connectivity index (χ1) is 10.5. The summed E-state index contributed by atoms with van der Waals surface area (Å²) in [6.07, 6.45) is 3.89. The first-order valence-corrected chi connectivity index (χ1v) is 8.34. The Kier molecular flexibility index (Phi) is 3.92. The number of nitrogens with zero attached hydrogens (tertiary/aromatic N) is 1. The number of thioether (sulfide) groups is 1. The summed E-state index contributed by atoms with van der Waals surface area (Å²) >= 11 is 1.95. The Morgan fingerprint density at radius 2 is 1.91 bits per heavy atom. The zero-order valence-corrected chi connectivity index (χ0v) is 12.9. The third-order valence-corrected chi connectivity index (χ3v) is 5.72. The summed E-state index contributed by atoms with van der Waals surface area (Å²) in [7, 11) is 0. The number of carbonyl (C=O) groups is 2. The van der Waals surface area contributed by atoms with Crippen molar-refractivity contribution in [2.45, 2.75) is 36.1 Å². The second-order valence-corrected chi connectivity index (χ2v) is 7.11. The molecule has 3 N–H and O–H groups in total. The molecule has 0 unspecified atom stereocenters. The van der Waals surface area contributed by atoms with Crippen LogP contribution in [0.2, 0.25) is 0 Å². The molecule has 9 heteroatoms. The number of H-pyrrole nitrogens is 1. The molecular weight excluding hydrogens is 328 g/mol. The van der Waals surface area contributed by atoms with Gasteiger partial charge < -0.3 is 15.2 Å². The Balaban J connectivity index is 2.04. The quantitative estimate of drug-likeness (QED) is 0.438. The Bertz CT molecular complexity index is 812. The Labute approximate surface area is 132 Å². The van der Waals surface area contributed by atoms with E-state index in [1.165, 1.54) is 11.3 Å². The molecule has 0 bridgehead atoms. The van der Waals surface area contributed by atoms with Gasteiger partial charge >= 0.3 is 11.9 Å². The van der Waals surface area contributed by atoms with Crippen molar-refractivity contribution in [1.82, 2.24) is 9.97 Å². The average molecular weight is 340 g/mol. The van der Waals surface area contributed by atoms with Gasteiger partial charge in [0.15, 0.2) is 5.16 Å². The molecule has 2 heterocycles. The molecule has 0 radical (unpaired) electrons. The fourth-order valence-electron chi connectivity index (χ4n) is 2.52. The lowest BCUT2D eigenvalue weighted by Crippen LogP contribution is -2.27. The topological polar surface area (TPSA) is 120 Å². The van der Waals surface area contributed by atoms with Crippen LogP contribution in [-0.2, 0) is 22.4 Å². The molecule has 2 aromatic heterocycles. The van der Waals surface area contributed by atoms with Crippen LogP contribution in [0.1, 0.15) is 23.3 Å². The van der Waals surface area contributed by atoms with Gasteiger partial charge in [-0.15, -0.1) is 11.3 Å². The van der Waals surface area contributed by atoms with Crippen LogP contribution in [-0.4, -0.2) is 37.4 Å². The number of hydrogen-bond donors (Lipinski definition) is 3. The Morgan fingerprint density at radius 1 is 1.23 bits per heavy atom. The van der Waals surface area contributed by atoms with Crippen LogP contribution in [0, 0.1) is 0 Å². The number of fused-ring (bicyclic) bond motifs is 3. The van der Waals surface area contributed by atoms with Gasteiger partial charge in [-0.05, 0) is 31.2 Å². The minimum Gasteiger partial charge on any atom is -0.480 e. The summed E-state index contributed by atoms with van der Waals surface area (Å²) in [4.78, 5) is 42.6. The molecule has 0 fully saturated rings. The number of aliphatic carboxylic acids is 2. The van der Waals surface area contributed by atoms with Crippen molar-refractivity contribution in [2.75, 3.05) is 0 Å². The largest absolute Gasteiger partial charge is 0.480 e. The molecule has 0 spiro atoms. The minimum absolute atomic E-state index is 0.0193. The smallest absolute Gasteiger partial charge is 0.328 e. The second-order valence-electron chi connectivity index (χ2n) is 4.94. The highest BCUT2D eigenvalue weighted by Gasteiger charge is 2.29. The van der Waals surface area contributed by atoms with E-state index in [0.29, 0.717) is 22.0 Å². The number of carboxylic acids is 2. The summed E-state index contributed by atoms with van der Waals surface area (Å²) in [5.74, 6) is -2.96. The third-order valence-electron chi connectivity index (χ3n) is 3.48. The van der Waals surface area contributed by atoms with Crippen molar-refractivity contribution in [3.05, 3.63) is 20.8 Å². The number of hydrogen-bond acceptors (Lipinski definition) is 6.